The molecule has 9 nitrogen and oxygen atoms in total. The lowest BCUT2D eigenvalue weighted by molar-refractivity contribution is -0.350. The number of rotatable bonds is 5. The number of esters is 1. The Hall–Kier alpha value is -0.810. The van der Waals surface area contributed by atoms with E-state index in [4.69, 9.17) is 24.7 Å². The molecule has 50 heavy (non-hydrogen) atoms. The van der Waals surface area contributed by atoms with Crippen LogP contribution in [0.3, 0.4) is 0 Å². The molecule has 2 aliphatic heterocycles. The number of fused-ring (bicyclic) bond motifs is 4. The third kappa shape index (κ3) is 4.29. The van der Waals surface area contributed by atoms with Crippen molar-refractivity contribution >= 4 is 5.97 Å². The van der Waals surface area contributed by atoms with Crippen molar-refractivity contribution < 1.29 is 39.1 Å². The maximum atomic E-state index is 12.2. The molecule has 5 aliphatic carbocycles. The minimum Gasteiger partial charge on any atom is -0.457 e. The average Bonchev–Trinajstić information content (AvgIpc) is 3.50. The van der Waals surface area contributed by atoms with Crippen LogP contribution in [0.5, 0.6) is 0 Å². The normalized spacial score (nSPS) is 57.3. The Morgan fingerprint density at radius 3 is 2.26 bits per heavy atom. The van der Waals surface area contributed by atoms with Gasteiger partial charge in [-0.3, -0.25) is 4.79 Å². The zero-order valence-corrected chi connectivity index (χ0v) is 33.0. The molecule has 0 aromatic heterocycles. The van der Waals surface area contributed by atoms with Crippen molar-refractivity contribution in [1.29, 1.82) is 0 Å². The lowest BCUT2D eigenvalue weighted by atomic mass is 9.38. The summed E-state index contributed by atoms with van der Waals surface area (Å²) in [6.45, 7) is 26.0. The molecule has 2 saturated heterocycles. The van der Waals surface area contributed by atoms with Gasteiger partial charge in [0.1, 0.15) is 6.10 Å². The van der Waals surface area contributed by atoms with Gasteiger partial charge in [0.25, 0.3) is 0 Å². The number of nitrogens with two attached hydrogens (primary N) is 1. The number of aliphatic hydroxyl groups excluding tert-OH is 2. The largest absolute Gasteiger partial charge is 0.457 e. The van der Waals surface area contributed by atoms with Gasteiger partial charge >= 0.3 is 5.97 Å². The molecule has 18 atom stereocenters. The molecule has 2 spiro atoms. The fraction of sp³-hybridized carbons (Fsp3) is 0.976. The van der Waals surface area contributed by atoms with E-state index in [0.29, 0.717) is 23.7 Å². The number of aliphatic hydroxyl groups is 3. The van der Waals surface area contributed by atoms with Crippen molar-refractivity contribution in [1.82, 2.24) is 0 Å². The first kappa shape index (κ1) is 37.5. The number of ether oxygens (including phenoxy) is 4. The lowest BCUT2D eigenvalue weighted by Gasteiger charge is -2.67. The number of carbonyl (C=O) groups is 1. The second kappa shape index (κ2) is 11.1. The van der Waals surface area contributed by atoms with Crippen LogP contribution in [0.4, 0.5) is 0 Å². The van der Waals surface area contributed by atoms with Gasteiger partial charge in [0.15, 0.2) is 11.9 Å². The van der Waals surface area contributed by atoms with E-state index < -0.39 is 41.8 Å². The Bertz CT molecular complexity index is 1380. The van der Waals surface area contributed by atoms with E-state index in [1.807, 2.05) is 13.8 Å². The van der Waals surface area contributed by atoms with Crippen molar-refractivity contribution in [3.05, 3.63) is 0 Å². The summed E-state index contributed by atoms with van der Waals surface area (Å²) in [5, 5.41) is 32.2. The van der Waals surface area contributed by atoms with E-state index in [0.717, 1.165) is 38.5 Å². The first-order valence-electron chi connectivity index (χ1n) is 19.9. The van der Waals surface area contributed by atoms with Crippen molar-refractivity contribution in [3.63, 3.8) is 0 Å². The summed E-state index contributed by atoms with van der Waals surface area (Å²) < 4.78 is 25.9. The van der Waals surface area contributed by atoms with Gasteiger partial charge in [0, 0.05) is 18.9 Å². The van der Waals surface area contributed by atoms with Gasteiger partial charge in [-0.2, -0.15) is 0 Å². The quantitative estimate of drug-likeness (QED) is 0.213. The predicted molar refractivity (Wildman–Crippen MR) is 189 cm³/mol. The fourth-order valence-electron chi connectivity index (χ4n) is 15.4. The number of hydrogen-bond acceptors (Lipinski definition) is 9. The minimum atomic E-state index is -1.24. The standard InChI is InChI=1S/C41H69NO8/c1-21-19-26(33(35(7,8)46)48-24(4)43)49-31-29(21)36(9)17-18-40-23(3)41(40)16-14-28(50-39(12)22(2)30(45)25(44)20-47-39)34(5,6)37(41,10)15-13-27(40)38(36,11)32(31)42/h21-23,25-33,44-46H,13-20,42H2,1-12H3/t21-,22-,23+,25-,26-,27+,28+,29+,30-,31+,32+,33+,36-,37+,38-,39+,40+,41-/m1/s1. The molecule has 0 bridgehead atoms. The van der Waals surface area contributed by atoms with Gasteiger partial charge in [0.2, 0.25) is 0 Å². The Labute approximate surface area is 301 Å². The molecule has 0 amide bonds. The van der Waals surface area contributed by atoms with Crippen LogP contribution in [0.25, 0.3) is 0 Å². The van der Waals surface area contributed by atoms with Gasteiger partial charge in [-0.1, -0.05) is 55.4 Å². The first-order valence-corrected chi connectivity index (χ1v) is 19.9. The highest BCUT2D eigenvalue weighted by molar-refractivity contribution is 5.66. The molecule has 0 radical (unpaired) electrons. The summed E-state index contributed by atoms with van der Waals surface area (Å²) in [5.41, 5.74) is 6.46. The molecular formula is C41H69NO8. The summed E-state index contributed by atoms with van der Waals surface area (Å²) in [6.07, 6.45) is 4.15. The van der Waals surface area contributed by atoms with Crippen LogP contribution in [0.15, 0.2) is 0 Å². The Balaban J connectivity index is 1.20. The van der Waals surface area contributed by atoms with E-state index in [-0.39, 0.29) is 63.3 Å². The van der Waals surface area contributed by atoms with Crippen LogP contribution in [-0.4, -0.2) is 81.9 Å². The molecule has 7 fully saturated rings. The van der Waals surface area contributed by atoms with Crippen LogP contribution < -0.4 is 5.73 Å². The third-order valence-electron chi connectivity index (χ3n) is 18.5. The summed E-state index contributed by atoms with van der Waals surface area (Å²) in [7, 11) is 0. The lowest BCUT2D eigenvalue weighted by Crippen LogP contribution is -2.65. The maximum Gasteiger partial charge on any atom is 0.303 e. The highest BCUT2D eigenvalue weighted by Gasteiger charge is 2.90. The van der Waals surface area contributed by atoms with Crippen LogP contribution in [0, 0.1) is 62.1 Å². The second-order valence-electron chi connectivity index (χ2n) is 20.5. The van der Waals surface area contributed by atoms with Crippen LogP contribution >= 0.6 is 0 Å². The van der Waals surface area contributed by atoms with E-state index in [2.05, 4.69) is 48.5 Å². The van der Waals surface area contributed by atoms with E-state index in [1.54, 1.807) is 13.8 Å². The van der Waals surface area contributed by atoms with E-state index in [1.165, 1.54) is 13.3 Å². The molecule has 0 aromatic rings. The summed E-state index contributed by atoms with van der Waals surface area (Å²) in [5.74, 6) is -0.0942. The molecule has 9 heteroatoms. The van der Waals surface area contributed by atoms with E-state index >= 15 is 0 Å². The molecular weight excluding hydrogens is 634 g/mol. The zero-order chi connectivity index (χ0) is 37.0. The summed E-state index contributed by atoms with van der Waals surface area (Å²) in [6, 6.07) is -0.168. The van der Waals surface area contributed by atoms with Crippen molar-refractivity contribution in [2.45, 2.75) is 182 Å². The van der Waals surface area contributed by atoms with Gasteiger partial charge in [-0.25, -0.2) is 0 Å². The van der Waals surface area contributed by atoms with Crippen molar-refractivity contribution in [3.8, 4) is 0 Å². The highest BCUT2D eigenvalue weighted by Crippen LogP contribution is 2.94. The molecule has 7 aliphatic rings. The van der Waals surface area contributed by atoms with Gasteiger partial charge in [-0.15, -0.1) is 0 Å². The van der Waals surface area contributed by atoms with Gasteiger partial charge in [-0.05, 0) is 122 Å². The zero-order valence-electron chi connectivity index (χ0n) is 33.0. The van der Waals surface area contributed by atoms with E-state index in [9.17, 15) is 20.1 Å². The smallest absolute Gasteiger partial charge is 0.303 e. The molecule has 286 valence electrons. The van der Waals surface area contributed by atoms with Crippen molar-refractivity contribution in [2.24, 2.45) is 67.8 Å². The Morgan fingerprint density at radius 1 is 0.980 bits per heavy atom. The second-order valence-corrected chi connectivity index (χ2v) is 20.5. The summed E-state index contributed by atoms with van der Waals surface area (Å²) in [4.78, 5) is 12.2. The molecule has 0 unspecified atom stereocenters. The molecule has 5 saturated carbocycles. The monoisotopic (exact) mass is 704 g/mol. The maximum absolute atomic E-state index is 12.2. The van der Waals surface area contributed by atoms with Gasteiger partial charge < -0.3 is 40.0 Å². The molecule has 7 rings (SSSR count). The molecule has 5 N–H and O–H groups in total. The average molecular weight is 704 g/mol. The van der Waals surface area contributed by atoms with Crippen molar-refractivity contribution in [2.75, 3.05) is 6.61 Å². The first-order chi connectivity index (χ1) is 22.9. The number of carbonyl (C=O) groups excluding carboxylic acids is 1. The summed E-state index contributed by atoms with van der Waals surface area (Å²) >= 11 is 0. The van der Waals surface area contributed by atoms with Crippen LogP contribution in [-0.2, 0) is 23.7 Å². The highest BCUT2D eigenvalue weighted by atomic mass is 16.7. The number of hydrogen-bond donors (Lipinski definition) is 4. The topological polar surface area (TPSA) is 141 Å². The van der Waals surface area contributed by atoms with Crippen LogP contribution in [0.1, 0.15) is 128 Å². The SMILES string of the molecule is CC(=O)O[C@@H]([C@H]1C[C@@H](C)[C@H]2[C@H](O1)[C@H](N)[C@@]1(C)[C@@H]3CC[C@@]4(C)C(C)(C)[C@@H](O[C@]5(C)OC[C@@H](O)[C@H](O)[C@H]5C)CC[C@@]45[C@@H](C)[C@@]35CC[C@]21C)C(C)(C)O. The van der Waals surface area contributed by atoms with Gasteiger partial charge in [0.05, 0.1) is 36.6 Å². The predicted octanol–water partition coefficient (Wildman–Crippen LogP) is 5.59. The molecule has 0 aromatic carbocycles. The third-order valence-corrected chi connectivity index (χ3v) is 18.5. The Kier molecular flexibility index (Phi) is 8.35. The molecule has 2 heterocycles. The Morgan fingerprint density at radius 2 is 1.64 bits per heavy atom. The van der Waals surface area contributed by atoms with Crippen LogP contribution in [0.2, 0.25) is 0 Å². The fourth-order valence-corrected chi connectivity index (χ4v) is 15.4. The minimum absolute atomic E-state index is 0.00454.